The van der Waals surface area contributed by atoms with Crippen LogP contribution in [0.1, 0.15) is 19.4 Å². The number of rotatable bonds is 5. The lowest BCUT2D eigenvalue weighted by atomic mass is 10.1. The van der Waals surface area contributed by atoms with Gasteiger partial charge in [0.1, 0.15) is 0 Å². The number of nitrogens with zero attached hydrogens (tertiary/aromatic N) is 1. The van der Waals surface area contributed by atoms with Crippen LogP contribution in [-0.2, 0) is 9.59 Å². The Labute approximate surface area is 158 Å². The summed E-state index contributed by atoms with van der Waals surface area (Å²) in [5, 5.41) is 5.37. The molecule has 0 saturated heterocycles. The molecule has 0 spiro atoms. The van der Waals surface area contributed by atoms with E-state index in [2.05, 4.69) is 29.4 Å². The molecule has 0 aliphatic heterocycles. The summed E-state index contributed by atoms with van der Waals surface area (Å²) in [5.74, 6) is -1.57. The fraction of sp³-hybridized carbons (Fsp3) is 0.263. The molecule has 6 nitrogen and oxygen atoms in total. The molecular formula is C19H23ClN4O2. The smallest absolute Gasteiger partial charge is 0.314 e. The van der Waals surface area contributed by atoms with E-state index in [-0.39, 0.29) is 5.02 Å². The average molecular weight is 375 g/mol. The van der Waals surface area contributed by atoms with E-state index in [1.807, 2.05) is 19.1 Å². The van der Waals surface area contributed by atoms with Gasteiger partial charge in [-0.1, -0.05) is 11.6 Å². The quantitative estimate of drug-likeness (QED) is 0.550. The Bertz CT molecular complexity index is 819. The zero-order valence-corrected chi connectivity index (χ0v) is 15.9. The summed E-state index contributed by atoms with van der Waals surface area (Å²) >= 11 is 6.01. The molecule has 0 radical (unpaired) electrons. The Morgan fingerprint density at radius 3 is 2.12 bits per heavy atom. The Hall–Kier alpha value is -2.73. The number of carbonyl (C=O) groups is 2. The number of hydrogen-bond acceptors (Lipinski definition) is 4. The van der Waals surface area contributed by atoms with Crippen LogP contribution in [0.15, 0.2) is 36.4 Å². The van der Waals surface area contributed by atoms with Gasteiger partial charge in [-0.2, -0.15) is 0 Å². The van der Waals surface area contributed by atoms with Crippen LogP contribution in [0.25, 0.3) is 0 Å². The Kier molecular flexibility index (Phi) is 6.46. The third-order valence-corrected chi connectivity index (χ3v) is 4.35. The van der Waals surface area contributed by atoms with Gasteiger partial charge in [-0.25, -0.2) is 0 Å². The lowest BCUT2D eigenvalue weighted by Crippen LogP contribution is -2.29. The van der Waals surface area contributed by atoms with Crippen molar-refractivity contribution in [1.29, 1.82) is 0 Å². The first kappa shape index (κ1) is 19.6. The summed E-state index contributed by atoms with van der Waals surface area (Å²) < 4.78 is 0. The van der Waals surface area contributed by atoms with Crippen molar-refractivity contribution in [2.45, 2.75) is 20.8 Å². The van der Waals surface area contributed by atoms with Crippen molar-refractivity contribution in [3.8, 4) is 0 Å². The highest BCUT2D eigenvalue weighted by molar-refractivity contribution is 6.45. The average Bonchev–Trinajstić information content (AvgIpc) is 2.60. The number of benzene rings is 2. The minimum atomic E-state index is -0.802. The Morgan fingerprint density at radius 1 is 1.00 bits per heavy atom. The highest BCUT2D eigenvalue weighted by atomic mass is 35.5. The molecule has 7 heteroatoms. The van der Waals surface area contributed by atoms with Crippen LogP contribution in [0.2, 0.25) is 5.02 Å². The van der Waals surface area contributed by atoms with Crippen LogP contribution in [0.4, 0.5) is 22.7 Å². The number of hydrogen-bond donors (Lipinski definition) is 3. The van der Waals surface area contributed by atoms with E-state index in [0.717, 1.165) is 24.3 Å². The van der Waals surface area contributed by atoms with Crippen LogP contribution in [0, 0.1) is 6.92 Å². The van der Waals surface area contributed by atoms with Gasteiger partial charge in [0.25, 0.3) is 0 Å². The van der Waals surface area contributed by atoms with Crippen LogP contribution in [-0.4, -0.2) is 24.9 Å². The van der Waals surface area contributed by atoms with Crippen molar-refractivity contribution in [1.82, 2.24) is 0 Å². The molecule has 0 saturated carbocycles. The Morgan fingerprint density at radius 2 is 1.58 bits per heavy atom. The molecule has 0 bridgehead atoms. The number of nitrogens with one attached hydrogen (secondary N) is 2. The number of anilines is 4. The molecule has 0 atom stereocenters. The van der Waals surface area contributed by atoms with Crippen LogP contribution < -0.4 is 21.3 Å². The van der Waals surface area contributed by atoms with Crippen LogP contribution >= 0.6 is 11.6 Å². The van der Waals surface area contributed by atoms with E-state index in [1.54, 1.807) is 18.2 Å². The molecule has 2 aromatic rings. The van der Waals surface area contributed by atoms with Gasteiger partial charge in [-0.3, -0.25) is 9.59 Å². The number of amides is 2. The molecule has 138 valence electrons. The van der Waals surface area contributed by atoms with E-state index in [4.69, 9.17) is 17.3 Å². The SMILES string of the molecule is CCN(CC)c1ccc(NC(=O)C(=O)Nc2ccc(N)cc2Cl)c(C)c1. The Balaban J connectivity index is 2.08. The fourth-order valence-corrected chi connectivity index (χ4v) is 2.80. The predicted octanol–water partition coefficient (Wildman–Crippen LogP) is 3.65. The van der Waals surface area contributed by atoms with Crippen molar-refractivity contribution < 1.29 is 9.59 Å². The molecular weight excluding hydrogens is 352 g/mol. The number of halogens is 1. The monoisotopic (exact) mass is 374 g/mol. The fourth-order valence-electron chi connectivity index (χ4n) is 2.56. The van der Waals surface area contributed by atoms with Gasteiger partial charge >= 0.3 is 11.8 Å². The zero-order chi connectivity index (χ0) is 19.3. The van der Waals surface area contributed by atoms with E-state index in [9.17, 15) is 9.59 Å². The molecule has 2 amide bonds. The van der Waals surface area contributed by atoms with Gasteiger partial charge < -0.3 is 21.3 Å². The standard InChI is InChI=1S/C19H23ClN4O2/c1-4-24(5-2)14-7-9-16(12(3)10-14)22-18(25)19(26)23-17-8-6-13(21)11-15(17)20/h6-11H,4-5,21H2,1-3H3,(H,22,25)(H,23,26). The highest BCUT2D eigenvalue weighted by Gasteiger charge is 2.16. The first-order chi connectivity index (χ1) is 12.3. The second-order valence-corrected chi connectivity index (χ2v) is 6.23. The van der Waals surface area contributed by atoms with Crippen molar-refractivity contribution in [2.75, 3.05) is 34.4 Å². The first-order valence-corrected chi connectivity index (χ1v) is 8.76. The minimum Gasteiger partial charge on any atom is -0.399 e. The maximum absolute atomic E-state index is 12.2. The second-order valence-electron chi connectivity index (χ2n) is 5.82. The molecule has 26 heavy (non-hydrogen) atoms. The van der Waals surface area contributed by atoms with Gasteiger partial charge in [-0.05, 0) is 62.7 Å². The van der Waals surface area contributed by atoms with Crippen molar-refractivity contribution >= 4 is 46.2 Å². The summed E-state index contributed by atoms with van der Waals surface area (Å²) in [6, 6.07) is 10.3. The van der Waals surface area contributed by atoms with E-state index in [0.29, 0.717) is 17.1 Å². The highest BCUT2D eigenvalue weighted by Crippen LogP contribution is 2.25. The topological polar surface area (TPSA) is 87.5 Å². The summed E-state index contributed by atoms with van der Waals surface area (Å²) in [6.45, 7) is 7.85. The number of nitrogens with two attached hydrogens (primary N) is 1. The molecule has 4 N–H and O–H groups in total. The molecule has 0 unspecified atom stereocenters. The number of carbonyl (C=O) groups excluding carboxylic acids is 2. The lowest BCUT2D eigenvalue weighted by molar-refractivity contribution is -0.133. The lowest BCUT2D eigenvalue weighted by Gasteiger charge is -2.22. The summed E-state index contributed by atoms with van der Waals surface area (Å²) in [7, 11) is 0. The van der Waals surface area contributed by atoms with E-state index < -0.39 is 11.8 Å². The number of aryl methyl sites for hydroxylation is 1. The summed E-state index contributed by atoms with van der Waals surface area (Å²) in [6.07, 6.45) is 0. The van der Waals surface area contributed by atoms with E-state index >= 15 is 0 Å². The summed E-state index contributed by atoms with van der Waals surface area (Å²) in [5.41, 5.74) is 8.95. The molecule has 0 aromatic heterocycles. The number of nitrogen functional groups attached to an aromatic ring is 1. The first-order valence-electron chi connectivity index (χ1n) is 8.38. The zero-order valence-electron chi connectivity index (χ0n) is 15.1. The second kappa shape index (κ2) is 8.58. The van der Waals surface area contributed by atoms with Crippen molar-refractivity contribution in [3.63, 3.8) is 0 Å². The molecule has 0 fully saturated rings. The maximum Gasteiger partial charge on any atom is 0.314 e. The molecule has 2 rings (SSSR count). The summed E-state index contributed by atoms with van der Waals surface area (Å²) in [4.78, 5) is 26.5. The van der Waals surface area contributed by atoms with Crippen LogP contribution in [0.5, 0.6) is 0 Å². The maximum atomic E-state index is 12.2. The van der Waals surface area contributed by atoms with Gasteiger partial charge in [0.2, 0.25) is 0 Å². The van der Waals surface area contributed by atoms with Crippen molar-refractivity contribution in [2.24, 2.45) is 0 Å². The van der Waals surface area contributed by atoms with E-state index in [1.165, 1.54) is 6.07 Å². The molecule has 0 heterocycles. The van der Waals surface area contributed by atoms with Gasteiger partial charge in [0.15, 0.2) is 0 Å². The molecule has 0 aliphatic carbocycles. The predicted molar refractivity (Wildman–Crippen MR) is 108 cm³/mol. The van der Waals surface area contributed by atoms with Crippen LogP contribution in [0.3, 0.4) is 0 Å². The largest absolute Gasteiger partial charge is 0.399 e. The van der Waals surface area contributed by atoms with Crippen molar-refractivity contribution in [3.05, 3.63) is 47.0 Å². The third-order valence-electron chi connectivity index (χ3n) is 4.03. The van der Waals surface area contributed by atoms with Gasteiger partial charge in [0, 0.05) is 30.2 Å². The van der Waals surface area contributed by atoms with Gasteiger partial charge in [0.05, 0.1) is 10.7 Å². The van der Waals surface area contributed by atoms with Gasteiger partial charge in [-0.15, -0.1) is 0 Å². The minimum absolute atomic E-state index is 0.269. The third kappa shape index (κ3) is 4.67. The normalized spacial score (nSPS) is 10.3. The molecule has 2 aromatic carbocycles. The molecule has 0 aliphatic rings.